The zero-order valence-electron chi connectivity index (χ0n) is 18.1. The number of amides is 1. The molecule has 7 heteroatoms. The first-order valence-electron chi connectivity index (χ1n) is 10.2. The smallest absolute Gasteiger partial charge is 0.260 e. The molecule has 1 amide bonds. The SMILES string of the molecule is CCc1ccc(C(=O)Nc2ccccc2-c2nc(-c3ccc(OC)c(OC)c3)no2)cc1. The quantitative estimate of drug-likeness (QED) is 0.433. The van der Waals surface area contributed by atoms with Gasteiger partial charge < -0.3 is 19.3 Å². The molecule has 0 radical (unpaired) electrons. The van der Waals surface area contributed by atoms with Crippen LogP contribution in [0.5, 0.6) is 11.5 Å². The Morgan fingerprint density at radius 1 is 0.969 bits per heavy atom. The van der Waals surface area contributed by atoms with Crippen LogP contribution >= 0.6 is 0 Å². The molecule has 1 aromatic heterocycles. The molecular formula is C25H23N3O4. The van der Waals surface area contributed by atoms with Gasteiger partial charge in [-0.25, -0.2) is 0 Å². The number of carbonyl (C=O) groups is 1. The highest BCUT2D eigenvalue weighted by Crippen LogP contribution is 2.33. The largest absolute Gasteiger partial charge is 0.493 e. The molecule has 1 heterocycles. The Bertz CT molecular complexity index is 1230. The number of para-hydroxylation sites is 1. The summed E-state index contributed by atoms with van der Waals surface area (Å²) in [6, 6.07) is 20.2. The van der Waals surface area contributed by atoms with Gasteiger partial charge in [0, 0.05) is 11.1 Å². The molecular weight excluding hydrogens is 406 g/mol. The Balaban J connectivity index is 1.60. The van der Waals surface area contributed by atoms with E-state index in [9.17, 15) is 4.79 Å². The fourth-order valence-corrected chi connectivity index (χ4v) is 3.29. The summed E-state index contributed by atoms with van der Waals surface area (Å²) in [5.74, 6) is 1.67. The number of anilines is 1. The van der Waals surface area contributed by atoms with Gasteiger partial charge in [-0.1, -0.05) is 36.3 Å². The average molecular weight is 429 g/mol. The van der Waals surface area contributed by atoms with Crippen molar-refractivity contribution in [3.05, 3.63) is 77.9 Å². The third-order valence-electron chi connectivity index (χ3n) is 5.10. The number of methoxy groups -OCH3 is 2. The molecule has 0 unspecified atom stereocenters. The summed E-state index contributed by atoms with van der Waals surface area (Å²) in [5, 5.41) is 7.04. The second kappa shape index (κ2) is 9.34. The second-order valence-electron chi connectivity index (χ2n) is 7.04. The molecule has 32 heavy (non-hydrogen) atoms. The Morgan fingerprint density at radius 3 is 2.44 bits per heavy atom. The molecule has 0 saturated carbocycles. The van der Waals surface area contributed by atoms with Crippen LogP contribution in [-0.4, -0.2) is 30.3 Å². The minimum atomic E-state index is -0.209. The van der Waals surface area contributed by atoms with Gasteiger partial charge in [-0.15, -0.1) is 0 Å². The average Bonchev–Trinajstić information content (AvgIpc) is 3.34. The van der Waals surface area contributed by atoms with E-state index in [1.54, 1.807) is 32.4 Å². The number of nitrogens with zero attached hydrogens (tertiary/aromatic N) is 2. The standard InChI is InChI=1S/C25H23N3O4/c1-4-16-9-11-17(12-10-16)24(29)26-20-8-6-5-7-19(20)25-27-23(28-32-25)18-13-14-21(30-2)22(15-18)31-3/h5-15H,4H2,1-3H3,(H,26,29). The number of carbonyl (C=O) groups excluding carboxylic acids is 1. The Hall–Kier alpha value is -4.13. The van der Waals surface area contributed by atoms with Crippen molar-refractivity contribution >= 4 is 11.6 Å². The first-order valence-corrected chi connectivity index (χ1v) is 10.2. The number of aryl methyl sites for hydroxylation is 1. The zero-order chi connectivity index (χ0) is 22.5. The molecule has 0 aliphatic carbocycles. The molecule has 0 aliphatic heterocycles. The summed E-state index contributed by atoms with van der Waals surface area (Å²) in [6.07, 6.45) is 0.921. The topological polar surface area (TPSA) is 86.5 Å². The molecule has 7 nitrogen and oxygen atoms in total. The van der Waals surface area contributed by atoms with E-state index < -0.39 is 0 Å². The first kappa shape index (κ1) is 21.1. The van der Waals surface area contributed by atoms with Crippen molar-refractivity contribution in [2.75, 3.05) is 19.5 Å². The molecule has 0 aliphatic rings. The van der Waals surface area contributed by atoms with Crippen molar-refractivity contribution in [3.63, 3.8) is 0 Å². The summed E-state index contributed by atoms with van der Waals surface area (Å²) in [4.78, 5) is 17.3. The van der Waals surface area contributed by atoms with Gasteiger partial charge in [-0.2, -0.15) is 4.98 Å². The van der Waals surface area contributed by atoms with E-state index in [0.29, 0.717) is 40.0 Å². The summed E-state index contributed by atoms with van der Waals surface area (Å²) in [7, 11) is 3.14. The maximum absolute atomic E-state index is 12.8. The minimum absolute atomic E-state index is 0.209. The lowest BCUT2D eigenvalue weighted by Crippen LogP contribution is -2.12. The third kappa shape index (κ3) is 4.32. The molecule has 0 spiro atoms. The van der Waals surface area contributed by atoms with Crippen LogP contribution in [0.2, 0.25) is 0 Å². The summed E-state index contributed by atoms with van der Waals surface area (Å²) in [6.45, 7) is 2.08. The van der Waals surface area contributed by atoms with Gasteiger partial charge in [-0.05, 0) is 54.4 Å². The predicted molar refractivity (Wildman–Crippen MR) is 122 cm³/mol. The van der Waals surface area contributed by atoms with E-state index in [4.69, 9.17) is 14.0 Å². The number of rotatable bonds is 7. The van der Waals surface area contributed by atoms with Gasteiger partial charge in [0.1, 0.15) is 0 Å². The van der Waals surface area contributed by atoms with Crippen molar-refractivity contribution in [2.24, 2.45) is 0 Å². The highest BCUT2D eigenvalue weighted by Gasteiger charge is 2.17. The van der Waals surface area contributed by atoms with E-state index in [-0.39, 0.29) is 5.91 Å². The molecule has 1 N–H and O–H groups in total. The van der Waals surface area contributed by atoms with E-state index in [1.165, 1.54) is 5.56 Å². The fourth-order valence-electron chi connectivity index (χ4n) is 3.29. The maximum atomic E-state index is 12.8. The molecule has 3 aromatic carbocycles. The first-order chi connectivity index (χ1) is 15.6. The number of aromatic nitrogens is 2. The molecule has 0 bridgehead atoms. The van der Waals surface area contributed by atoms with Crippen LogP contribution in [0.1, 0.15) is 22.8 Å². The van der Waals surface area contributed by atoms with Crippen molar-refractivity contribution in [3.8, 4) is 34.3 Å². The lowest BCUT2D eigenvalue weighted by Gasteiger charge is -2.09. The molecule has 0 fully saturated rings. The van der Waals surface area contributed by atoms with Crippen LogP contribution in [-0.2, 0) is 6.42 Å². The van der Waals surface area contributed by atoms with Crippen LogP contribution in [0.25, 0.3) is 22.8 Å². The summed E-state index contributed by atoms with van der Waals surface area (Å²) >= 11 is 0. The number of benzene rings is 3. The zero-order valence-corrected chi connectivity index (χ0v) is 18.1. The van der Waals surface area contributed by atoms with Crippen LogP contribution in [0.4, 0.5) is 5.69 Å². The Labute approximate surface area is 186 Å². The third-order valence-corrected chi connectivity index (χ3v) is 5.10. The van der Waals surface area contributed by atoms with Gasteiger partial charge in [0.2, 0.25) is 5.82 Å². The van der Waals surface area contributed by atoms with E-state index in [1.807, 2.05) is 48.5 Å². The van der Waals surface area contributed by atoms with Crippen molar-refractivity contribution in [1.29, 1.82) is 0 Å². The minimum Gasteiger partial charge on any atom is -0.493 e. The normalized spacial score (nSPS) is 10.6. The Kier molecular flexibility index (Phi) is 6.17. The number of ether oxygens (including phenoxy) is 2. The van der Waals surface area contributed by atoms with Crippen molar-refractivity contribution < 1.29 is 18.8 Å². The highest BCUT2D eigenvalue weighted by atomic mass is 16.5. The van der Waals surface area contributed by atoms with Gasteiger partial charge in [0.15, 0.2) is 11.5 Å². The lowest BCUT2D eigenvalue weighted by atomic mass is 10.1. The summed E-state index contributed by atoms with van der Waals surface area (Å²) in [5.41, 5.74) is 3.68. The van der Waals surface area contributed by atoms with Crippen molar-refractivity contribution in [1.82, 2.24) is 10.1 Å². The highest BCUT2D eigenvalue weighted by molar-refractivity contribution is 6.06. The maximum Gasteiger partial charge on any atom is 0.260 e. The number of nitrogens with one attached hydrogen (secondary N) is 1. The van der Waals surface area contributed by atoms with Crippen LogP contribution in [0.3, 0.4) is 0 Å². The van der Waals surface area contributed by atoms with E-state index >= 15 is 0 Å². The predicted octanol–water partition coefficient (Wildman–Crippen LogP) is 5.24. The molecule has 0 saturated heterocycles. The summed E-state index contributed by atoms with van der Waals surface area (Å²) < 4.78 is 16.1. The van der Waals surface area contributed by atoms with E-state index in [2.05, 4.69) is 22.4 Å². The van der Waals surface area contributed by atoms with Crippen LogP contribution in [0.15, 0.2) is 71.3 Å². The monoisotopic (exact) mass is 429 g/mol. The van der Waals surface area contributed by atoms with Crippen molar-refractivity contribution in [2.45, 2.75) is 13.3 Å². The second-order valence-corrected chi connectivity index (χ2v) is 7.04. The Morgan fingerprint density at radius 2 is 1.72 bits per heavy atom. The fraction of sp³-hybridized carbons (Fsp3) is 0.160. The van der Waals surface area contributed by atoms with Gasteiger partial charge in [0.25, 0.3) is 11.8 Å². The molecule has 4 rings (SSSR count). The number of hydrogen-bond acceptors (Lipinski definition) is 6. The molecule has 0 atom stereocenters. The van der Waals surface area contributed by atoms with Gasteiger partial charge in [0.05, 0.1) is 25.5 Å². The lowest BCUT2D eigenvalue weighted by molar-refractivity contribution is 0.102. The molecule has 162 valence electrons. The van der Waals surface area contributed by atoms with Crippen LogP contribution in [0, 0.1) is 0 Å². The van der Waals surface area contributed by atoms with Gasteiger partial charge >= 0.3 is 0 Å². The molecule has 4 aromatic rings. The van der Waals surface area contributed by atoms with Gasteiger partial charge in [-0.3, -0.25) is 4.79 Å². The van der Waals surface area contributed by atoms with Crippen LogP contribution < -0.4 is 14.8 Å². The number of hydrogen-bond donors (Lipinski definition) is 1. The van der Waals surface area contributed by atoms with E-state index in [0.717, 1.165) is 12.0 Å².